The molecule has 8 heteroatoms. The molecule has 0 spiro atoms. The molecule has 0 fully saturated rings. The van der Waals surface area contributed by atoms with E-state index in [1.165, 1.54) is 7.11 Å². The van der Waals surface area contributed by atoms with E-state index in [1.54, 1.807) is 49.4 Å². The van der Waals surface area contributed by atoms with Gasteiger partial charge in [0.1, 0.15) is 11.5 Å². The molecule has 1 amide bonds. The lowest BCUT2D eigenvalue weighted by Crippen LogP contribution is -2.20. The quantitative estimate of drug-likeness (QED) is 0.333. The number of hydrogen-bond acceptors (Lipinski definition) is 6. The van der Waals surface area contributed by atoms with Gasteiger partial charge in [-0.15, -0.1) is 0 Å². The van der Waals surface area contributed by atoms with Crippen LogP contribution >= 0.6 is 0 Å². The fourth-order valence-corrected chi connectivity index (χ4v) is 2.13. The van der Waals surface area contributed by atoms with Gasteiger partial charge in [-0.1, -0.05) is 11.2 Å². The van der Waals surface area contributed by atoms with Gasteiger partial charge in [0.05, 0.1) is 12.7 Å². The average Bonchev–Trinajstić information content (AvgIpc) is 2.64. The van der Waals surface area contributed by atoms with Crippen molar-refractivity contribution in [3.63, 3.8) is 0 Å². The summed E-state index contributed by atoms with van der Waals surface area (Å²) in [6.07, 6.45) is 0. The summed E-state index contributed by atoms with van der Waals surface area (Å²) in [5, 5.41) is 3.66. The van der Waals surface area contributed by atoms with Gasteiger partial charge in [-0.25, -0.2) is 4.79 Å². The largest absolute Gasteiger partial charge is 0.496 e. The second kappa shape index (κ2) is 8.52. The predicted molar refractivity (Wildman–Crippen MR) is 95.0 cm³/mol. The molecule has 2 rings (SSSR count). The summed E-state index contributed by atoms with van der Waals surface area (Å²) in [5.74, 6) is -0.187. The summed E-state index contributed by atoms with van der Waals surface area (Å²) in [5.41, 5.74) is 12.3. The number of carbonyl (C=O) groups excluding carboxylic acids is 2. The first kappa shape index (κ1) is 18.8. The molecule has 0 atom stereocenters. The minimum absolute atomic E-state index is 0.0142. The van der Waals surface area contributed by atoms with E-state index in [2.05, 4.69) is 5.16 Å². The van der Waals surface area contributed by atoms with Crippen molar-refractivity contribution in [1.82, 2.24) is 0 Å². The minimum atomic E-state index is -0.647. The monoisotopic (exact) mass is 357 g/mol. The molecule has 0 saturated carbocycles. The van der Waals surface area contributed by atoms with E-state index in [0.717, 1.165) is 0 Å². The Kier molecular flexibility index (Phi) is 6.15. The van der Waals surface area contributed by atoms with Crippen molar-refractivity contribution in [2.45, 2.75) is 6.92 Å². The Balaban J connectivity index is 2.05. The van der Waals surface area contributed by atoms with Gasteiger partial charge >= 0.3 is 5.97 Å². The first-order valence-corrected chi connectivity index (χ1v) is 7.62. The van der Waals surface area contributed by atoms with Crippen molar-refractivity contribution >= 4 is 17.7 Å². The van der Waals surface area contributed by atoms with E-state index in [1.807, 2.05) is 0 Å². The molecule has 0 saturated heterocycles. The maximum absolute atomic E-state index is 12.2. The van der Waals surface area contributed by atoms with Crippen molar-refractivity contribution in [3.05, 3.63) is 59.2 Å². The van der Waals surface area contributed by atoms with Crippen LogP contribution in [0.1, 0.15) is 21.5 Å². The van der Waals surface area contributed by atoms with Crippen LogP contribution in [0.5, 0.6) is 11.5 Å². The van der Waals surface area contributed by atoms with E-state index in [4.69, 9.17) is 25.8 Å². The number of amidine groups is 1. The molecule has 0 radical (unpaired) electrons. The molecule has 0 unspecified atom stereocenters. The molecule has 0 heterocycles. The van der Waals surface area contributed by atoms with Gasteiger partial charge in [-0.2, -0.15) is 0 Å². The normalized spacial score (nSPS) is 10.9. The molecule has 0 aliphatic heterocycles. The van der Waals surface area contributed by atoms with Crippen LogP contribution in [0.4, 0.5) is 0 Å². The lowest BCUT2D eigenvalue weighted by molar-refractivity contribution is -0.119. The zero-order chi connectivity index (χ0) is 19.1. The lowest BCUT2D eigenvalue weighted by atomic mass is 10.1. The first-order valence-electron chi connectivity index (χ1n) is 7.62. The van der Waals surface area contributed by atoms with Crippen LogP contribution < -0.4 is 20.9 Å². The second-order valence-electron chi connectivity index (χ2n) is 5.27. The van der Waals surface area contributed by atoms with Crippen molar-refractivity contribution in [2.75, 3.05) is 13.7 Å². The first-order chi connectivity index (χ1) is 12.4. The maximum atomic E-state index is 12.2. The van der Waals surface area contributed by atoms with Gasteiger partial charge in [0, 0.05) is 11.1 Å². The third-order valence-corrected chi connectivity index (χ3v) is 3.48. The van der Waals surface area contributed by atoms with E-state index >= 15 is 0 Å². The van der Waals surface area contributed by atoms with Crippen molar-refractivity contribution in [1.29, 1.82) is 0 Å². The summed E-state index contributed by atoms with van der Waals surface area (Å²) in [4.78, 5) is 27.8. The highest BCUT2D eigenvalue weighted by molar-refractivity contribution is 5.98. The molecule has 2 aromatic rings. The van der Waals surface area contributed by atoms with Gasteiger partial charge in [-0.05, 0) is 43.3 Å². The number of nitrogens with two attached hydrogens (primary N) is 2. The summed E-state index contributed by atoms with van der Waals surface area (Å²) in [7, 11) is 1.52. The van der Waals surface area contributed by atoms with Crippen LogP contribution in [0.15, 0.2) is 47.6 Å². The number of ether oxygens (including phenoxy) is 2. The Morgan fingerprint density at radius 1 is 1.08 bits per heavy atom. The van der Waals surface area contributed by atoms with E-state index in [0.29, 0.717) is 28.2 Å². The fourth-order valence-electron chi connectivity index (χ4n) is 2.13. The number of benzene rings is 2. The van der Waals surface area contributed by atoms with Crippen LogP contribution in [0.2, 0.25) is 0 Å². The Bertz CT molecular complexity index is 831. The maximum Gasteiger partial charge on any atom is 0.366 e. The highest BCUT2D eigenvalue weighted by Crippen LogP contribution is 2.21. The highest BCUT2D eigenvalue weighted by Gasteiger charge is 2.14. The third-order valence-electron chi connectivity index (χ3n) is 3.48. The summed E-state index contributed by atoms with van der Waals surface area (Å²) < 4.78 is 10.3. The summed E-state index contributed by atoms with van der Waals surface area (Å²) in [6.45, 7) is 1.52. The van der Waals surface area contributed by atoms with E-state index in [9.17, 15) is 9.59 Å². The Labute approximate surface area is 150 Å². The van der Waals surface area contributed by atoms with E-state index < -0.39 is 11.9 Å². The number of primary amides is 1. The number of methoxy groups -OCH3 is 1. The predicted octanol–water partition coefficient (Wildman–Crippen LogP) is 1.35. The molecule has 8 nitrogen and oxygen atoms in total. The number of rotatable bonds is 7. The molecule has 2 aromatic carbocycles. The molecule has 0 bridgehead atoms. The molecule has 0 aliphatic rings. The van der Waals surface area contributed by atoms with E-state index in [-0.39, 0.29) is 12.4 Å². The number of hydrogen-bond donors (Lipinski definition) is 2. The zero-order valence-electron chi connectivity index (χ0n) is 14.4. The lowest BCUT2D eigenvalue weighted by Gasteiger charge is -2.08. The van der Waals surface area contributed by atoms with Gasteiger partial charge in [0.25, 0.3) is 5.91 Å². The standard InChI is InChI=1S/C18H19N3O5/c1-11-14(4-3-5-15(11)24-2)18(23)26-21-17(20)12-6-8-13(9-7-12)25-10-16(19)22/h3-9H,10H2,1-2H3,(H2,19,22)(H2,20,21). The number of amides is 1. The van der Waals surface area contributed by atoms with Crippen molar-refractivity contribution in [3.8, 4) is 11.5 Å². The Hall–Kier alpha value is -3.55. The highest BCUT2D eigenvalue weighted by atomic mass is 16.7. The Morgan fingerprint density at radius 3 is 2.38 bits per heavy atom. The summed E-state index contributed by atoms with van der Waals surface area (Å²) in [6, 6.07) is 11.4. The molecule has 0 aromatic heterocycles. The van der Waals surface area contributed by atoms with Crippen molar-refractivity contribution in [2.24, 2.45) is 16.6 Å². The molecule has 26 heavy (non-hydrogen) atoms. The fraction of sp³-hybridized carbons (Fsp3) is 0.167. The second-order valence-corrected chi connectivity index (χ2v) is 5.27. The van der Waals surface area contributed by atoms with Crippen molar-refractivity contribution < 1.29 is 23.9 Å². The van der Waals surface area contributed by atoms with Crippen LogP contribution in [0, 0.1) is 6.92 Å². The smallest absolute Gasteiger partial charge is 0.366 e. The van der Waals surface area contributed by atoms with Crippen LogP contribution in [-0.2, 0) is 9.63 Å². The zero-order valence-corrected chi connectivity index (χ0v) is 14.4. The number of carbonyl (C=O) groups is 2. The molecule has 4 N–H and O–H groups in total. The topological polar surface area (TPSA) is 126 Å². The van der Waals surface area contributed by atoms with Crippen LogP contribution in [-0.4, -0.2) is 31.4 Å². The van der Waals surface area contributed by atoms with Crippen LogP contribution in [0.3, 0.4) is 0 Å². The van der Waals surface area contributed by atoms with Gasteiger partial charge < -0.3 is 25.8 Å². The summed E-state index contributed by atoms with van der Waals surface area (Å²) >= 11 is 0. The van der Waals surface area contributed by atoms with Crippen LogP contribution in [0.25, 0.3) is 0 Å². The van der Waals surface area contributed by atoms with Gasteiger partial charge in [0.2, 0.25) is 0 Å². The molecular weight excluding hydrogens is 338 g/mol. The SMILES string of the molecule is COc1cccc(C(=O)O/N=C(\N)c2ccc(OCC(N)=O)cc2)c1C. The molecular formula is C18H19N3O5. The average molecular weight is 357 g/mol. The minimum Gasteiger partial charge on any atom is -0.496 e. The number of oxime groups is 1. The Morgan fingerprint density at radius 2 is 1.77 bits per heavy atom. The molecule has 0 aliphatic carbocycles. The van der Waals surface area contributed by atoms with Gasteiger partial charge in [0.15, 0.2) is 12.4 Å². The number of nitrogens with zero attached hydrogens (tertiary/aromatic N) is 1. The van der Waals surface area contributed by atoms with Gasteiger partial charge in [-0.3, -0.25) is 4.79 Å². The molecule has 136 valence electrons. The third kappa shape index (κ3) is 4.73.